The van der Waals surface area contributed by atoms with E-state index in [1.807, 2.05) is 45.9 Å². The largest absolute Gasteiger partial charge is 0.416 e. The van der Waals surface area contributed by atoms with Crippen molar-refractivity contribution in [2.75, 3.05) is 31.1 Å². The van der Waals surface area contributed by atoms with Gasteiger partial charge in [-0.3, -0.25) is 4.90 Å². The SMILES string of the molecule is Cc1ccc(Cl)cc1N1CCN(C(c2cccc(C(F)(F)F)c2)c2nnnn2C(C)(C)C)CC1. The van der Waals surface area contributed by atoms with E-state index in [1.165, 1.54) is 12.1 Å². The number of piperazine rings is 1. The lowest BCUT2D eigenvalue weighted by Crippen LogP contribution is -2.49. The fraction of sp³-hybridized carbons (Fsp3) is 0.458. The van der Waals surface area contributed by atoms with E-state index in [9.17, 15) is 13.2 Å². The molecular formula is C24H28ClF3N6. The molecular weight excluding hydrogens is 465 g/mol. The molecule has 2 heterocycles. The van der Waals surface area contributed by atoms with Gasteiger partial charge in [-0.1, -0.05) is 29.8 Å². The summed E-state index contributed by atoms with van der Waals surface area (Å²) in [5.74, 6) is 0.527. The summed E-state index contributed by atoms with van der Waals surface area (Å²) in [4.78, 5) is 4.41. The Labute approximate surface area is 202 Å². The fourth-order valence-corrected chi connectivity index (χ4v) is 4.56. The van der Waals surface area contributed by atoms with Gasteiger partial charge in [-0.15, -0.1) is 5.10 Å². The zero-order valence-corrected chi connectivity index (χ0v) is 20.4. The molecule has 1 saturated heterocycles. The van der Waals surface area contributed by atoms with E-state index in [1.54, 1.807) is 10.7 Å². The van der Waals surface area contributed by atoms with E-state index in [2.05, 4.69) is 25.3 Å². The first-order valence-corrected chi connectivity index (χ1v) is 11.5. The highest BCUT2D eigenvalue weighted by molar-refractivity contribution is 6.30. The highest BCUT2D eigenvalue weighted by Crippen LogP contribution is 2.36. The predicted molar refractivity (Wildman–Crippen MR) is 126 cm³/mol. The van der Waals surface area contributed by atoms with Crippen LogP contribution in [0, 0.1) is 6.92 Å². The second-order valence-corrected chi connectivity index (χ2v) is 10.0. The zero-order chi connectivity index (χ0) is 24.7. The number of tetrazole rings is 1. The van der Waals surface area contributed by atoms with E-state index in [-0.39, 0.29) is 0 Å². The molecule has 0 aliphatic carbocycles. The number of nitrogens with zero attached hydrogens (tertiary/aromatic N) is 6. The van der Waals surface area contributed by atoms with Crippen LogP contribution in [0.1, 0.15) is 49.3 Å². The summed E-state index contributed by atoms with van der Waals surface area (Å²) in [6.07, 6.45) is -4.43. The maximum absolute atomic E-state index is 13.5. The number of halogens is 4. The fourth-order valence-electron chi connectivity index (χ4n) is 4.39. The molecule has 0 radical (unpaired) electrons. The van der Waals surface area contributed by atoms with E-state index >= 15 is 0 Å². The number of benzene rings is 2. The smallest absolute Gasteiger partial charge is 0.369 e. The van der Waals surface area contributed by atoms with Crippen molar-refractivity contribution in [3.63, 3.8) is 0 Å². The van der Waals surface area contributed by atoms with Crippen molar-refractivity contribution >= 4 is 17.3 Å². The first-order chi connectivity index (χ1) is 15.9. The Bertz CT molecular complexity index is 1150. The lowest BCUT2D eigenvalue weighted by Gasteiger charge is -2.41. The molecule has 1 aromatic heterocycles. The first kappa shape index (κ1) is 24.5. The average molecular weight is 493 g/mol. The minimum atomic E-state index is -4.43. The van der Waals surface area contributed by atoms with E-state index < -0.39 is 23.3 Å². The molecule has 1 unspecified atom stereocenters. The lowest BCUT2D eigenvalue weighted by atomic mass is 9.99. The van der Waals surface area contributed by atoms with Gasteiger partial charge in [-0.2, -0.15) is 13.2 Å². The molecule has 182 valence electrons. The Morgan fingerprint density at radius 2 is 1.68 bits per heavy atom. The van der Waals surface area contributed by atoms with Gasteiger partial charge in [0.05, 0.1) is 17.1 Å². The molecule has 34 heavy (non-hydrogen) atoms. The number of rotatable bonds is 4. The third-order valence-corrected chi connectivity index (χ3v) is 6.33. The van der Waals surface area contributed by atoms with Crippen LogP contribution in [0.25, 0.3) is 0 Å². The van der Waals surface area contributed by atoms with Crippen molar-refractivity contribution in [3.8, 4) is 0 Å². The van der Waals surface area contributed by atoms with Crippen LogP contribution in [0.5, 0.6) is 0 Å². The molecule has 6 nitrogen and oxygen atoms in total. The lowest BCUT2D eigenvalue weighted by molar-refractivity contribution is -0.137. The van der Waals surface area contributed by atoms with Crippen LogP contribution in [0.3, 0.4) is 0 Å². The molecule has 1 aliphatic heterocycles. The summed E-state index contributed by atoms with van der Waals surface area (Å²) in [5.41, 5.74) is 1.60. The molecule has 10 heteroatoms. The molecule has 0 amide bonds. The van der Waals surface area contributed by atoms with Gasteiger partial charge in [0.15, 0.2) is 5.82 Å². The Balaban J connectivity index is 1.69. The van der Waals surface area contributed by atoms with Crippen LogP contribution in [-0.4, -0.2) is 51.3 Å². The third-order valence-electron chi connectivity index (χ3n) is 6.09. The van der Waals surface area contributed by atoms with Gasteiger partial charge in [0, 0.05) is 36.9 Å². The van der Waals surface area contributed by atoms with Crippen LogP contribution in [0.15, 0.2) is 42.5 Å². The van der Waals surface area contributed by atoms with Gasteiger partial charge >= 0.3 is 6.18 Å². The minimum absolute atomic E-state index is 0.432. The standard InChI is InChI=1S/C24H28ClF3N6/c1-16-8-9-19(25)15-20(16)32-10-12-33(13-11-32)21(22-29-30-31-34(22)23(2,3)4)17-6-5-7-18(14-17)24(26,27)28/h5-9,14-15,21H,10-13H2,1-4H3. The Kier molecular flexibility index (Phi) is 6.61. The molecule has 0 N–H and O–H groups in total. The quantitative estimate of drug-likeness (QED) is 0.493. The second kappa shape index (κ2) is 9.19. The van der Waals surface area contributed by atoms with E-state index in [0.29, 0.717) is 42.6 Å². The summed E-state index contributed by atoms with van der Waals surface area (Å²) in [5, 5.41) is 13.0. The topological polar surface area (TPSA) is 50.1 Å². The number of alkyl halides is 3. The molecule has 0 spiro atoms. The van der Waals surface area contributed by atoms with Gasteiger partial charge in [0.25, 0.3) is 0 Å². The maximum Gasteiger partial charge on any atom is 0.416 e. The van der Waals surface area contributed by atoms with Gasteiger partial charge < -0.3 is 4.90 Å². The summed E-state index contributed by atoms with van der Waals surface area (Å²) in [6.45, 7) is 10.6. The van der Waals surface area contributed by atoms with Crippen LogP contribution < -0.4 is 4.90 Å². The number of anilines is 1. The molecule has 0 saturated carbocycles. The summed E-state index contributed by atoms with van der Waals surface area (Å²) in [6, 6.07) is 10.8. The van der Waals surface area contributed by atoms with Crippen LogP contribution in [0.2, 0.25) is 5.02 Å². The van der Waals surface area contributed by atoms with Gasteiger partial charge in [-0.05, 0) is 73.5 Å². The Hall–Kier alpha value is -2.65. The van der Waals surface area contributed by atoms with E-state index in [4.69, 9.17) is 11.6 Å². The summed E-state index contributed by atoms with van der Waals surface area (Å²) in [7, 11) is 0. The van der Waals surface area contributed by atoms with Crippen LogP contribution in [-0.2, 0) is 11.7 Å². The highest BCUT2D eigenvalue weighted by Gasteiger charge is 2.36. The normalized spacial score (nSPS) is 16.6. The second-order valence-electron chi connectivity index (χ2n) is 9.60. The van der Waals surface area contributed by atoms with Crippen LogP contribution in [0.4, 0.5) is 18.9 Å². The van der Waals surface area contributed by atoms with Crippen LogP contribution >= 0.6 is 11.6 Å². The Morgan fingerprint density at radius 1 is 0.971 bits per heavy atom. The highest BCUT2D eigenvalue weighted by atomic mass is 35.5. The first-order valence-electron chi connectivity index (χ1n) is 11.2. The molecule has 3 aromatic rings. The average Bonchev–Trinajstić information content (AvgIpc) is 3.26. The number of aryl methyl sites for hydroxylation is 1. The van der Waals surface area contributed by atoms with Crippen molar-refractivity contribution in [2.45, 2.75) is 45.5 Å². The molecule has 1 aliphatic rings. The molecule has 0 bridgehead atoms. The predicted octanol–water partition coefficient (Wildman–Crippen LogP) is 5.32. The van der Waals surface area contributed by atoms with Crippen molar-refractivity contribution in [1.82, 2.24) is 25.1 Å². The number of hydrogen-bond donors (Lipinski definition) is 0. The molecule has 1 fully saturated rings. The van der Waals surface area contributed by atoms with Gasteiger partial charge in [0.2, 0.25) is 0 Å². The molecule has 2 aromatic carbocycles. The maximum atomic E-state index is 13.5. The van der Waals surface area contributed by atoms with Crippen molar-refractivity contribution in [2.24, 2.45) is 0 Å². The monoisotopic (exact) mass is 492 g/mol. The van der Waals surface area contributed by atoms with Gasteiger partial charge in [-0.25, -0.2) is 4.68 Å². The number of aromatic nitrogens is 4. The van der Waals surface area contributed by atoms with Gasteiger partial charge in [0.1, 0.15) is 0 Å². The zero-order valence-electron chi connectivity index (χ0n) is 19.6. The number of hydrogen-bond acceptors (Lipinski definition) is 5. The molecule has 1 atom stereocenters. The van der Waals surface area contributed by atoms with Crippen molar-refractivity contribution in [3.05, 3.63) is 70.0 Å². The molecule has 4 rings (SSSR count). The minimum Gasteiger partial charge on any atom is -0.369 e. The summed E-state index contributed by atoms with van der Waals surface area (Å²) < 4.78 is 42.3. The Morgan fingerprint density at radius 3 is 2.32 bits per heavy atom. The van der Waals surface area contributed by atoms with Crippen molar-refractivity contribution in [1.29, 1.82) is 0 Å². The third kappa shape index (κ3) is 5.05. The summed E-state index contributed by atoms with van der Waals surface area (Å²) >= 11 is 6.22. The van der Waals surface area contributed by atoms with E-state index in [0.717, 1.165) is 17.3 Å². The van der Waals surface area contributed by atoms with Crippen molar-refractivity contribution < 1.29 is 13.2 Å².